The SMILES string of the molecule is COC(=O)[C@H](C)c1cccc([C@@H](c2ccccc2)n2ccnc2)c1. The Morgan fingerprint density at radius 3 is 2.42 bits per heavy atom. The highest BCUT2D eigenvalue weighted by Gasteiger charge is 2.20. The fraction of sp³-hybridized carbons (Fsp3) is 0.200. The number of aromatic nitrogens is 2. The van der Waals surface area contributed by atoms with Crippen LogP contribution in [0.25, 0.3) is 0 Å². The van der Waals surface area contributed by atoms with E-state index in [-0.39, 0.29) is 17.9 Å². The molecule has 0 spiro atoms. The number of hydrogen-bond donors (Lipinski definition) is 0. The summed E-state index contributed by atoms with van der Waals surface area (Å²) in [5, 5.41) is 0. The average Bonchev–Trinajstić information content (AvgIpc) is 3.16. The van der Waals surface area contributed by atoms with E-state index in [1.165, 1.54) is 12.7 Å². The number of carbonyl (C=O) groups is 1. The van der Waals surface area contributed by atoms with Crippen molar-refractivity contribution in [1.82, 2.24) is 9.55 Å². The topological polar surface area (TPSA) is 44.1 Å². The monoisotopic (exact) mass is 320 g/mol. The number of imidazole rings is 1. The number of carbonyl (C=O) groups excluding carboxylic acids is 1. The Morgan fingerprint density at radius 2 is 1.75 bits per heavy atom. The van der Waals surface area contributed by atoms with Gasteiger partial charge in [-0.2, -0.15) is 0 Å². The predicted molar refractivity (Wildman–Crippen MR) is 92.8 cm³/mol. The first-order valence-corrected chi connectivity index (χ1v) is 7.90. The Hall–Kier alpha value is -2.88. The Balaban J connectivity index is 2.05. The van der Waals surface area contributed by atoms with Crippen LogP contribution in [0.1, 0.15) is 35.6 Å². The molecule has 24 heavy (non-hydrogen) atoms. The van der Waals surface area contributed by atoms with Crippen LogP contribution in [0.2, 0.25) is 0 Å². The zero-order chi connectivity index (χ0) is 16.9. The van der Waals surface area contributed by atoms with Gasteiger partial charge in [0.2, 0.25) is 0 Å². The number of esters is 1. The van der Waals surface area contributed by atoms with E-state index in [1.807, 2.05) is 49.8 Å². The number of nitrogens with zero attached hydrogens (tertiary/aromatic N) is 2. The summed E-state index contributed by atoms with van der Waals surface area (Å²) >= 11 is 0. The normalized spacial score (nSPS) is 13.2. The van der Waals surface area contributed by atoms with Gasteiger partial charge in [0.1, 0.15) is 0 Å². The molecule has 0 bridgehead atoms. The smallest absolute Gasteiger partial charge is 0.312 e. The molecule has 3 aromatic rings. The summed E-state index contributed by atoms with van der Waals surface area (Å²) < 4.78 is 6.94. The highest BCUT2D eigenvalue weighted by atomic mass is 16.5. The van der Waals surface area contributed by atoms with Crippen LogP contribution in [0.3, 0.4) is 0 Å². The van der Waals surface area contributed by atoms with Crippen LogP contribution >= 0.6 is 0 Å². The van der Waals surface area contributed by atoms with Gasteiger partial charge in [-0.05, 0) is 23.6 Å². The molecule has 2 atom stereocenters. The van der Waals surface area contributed by atoms with Crippen LogP contribution in [0.5, 0.6) is 0 Å². The molecule has 0 N–H and O–H groups in total. The molecule has 2 aromatic carbocycles. The summed E-state index contributed by atoms with van der Waals surface area (Å²) in [6.07, 6.45) is 5.54. The zero-order valence-corrected chi connectivity index (χ0v) is 13.8. The third kappa shape index (κ3) is 3.23. The maximum absolute atomic E-state index is 11.9. The van der Waals surface area contributed by atoms with Crippen molar-refractivity contribution >= 4 is 5.97 Å². The maximum atomic E-state index is 11.9. The van der Waals surface area contributed by atoms with Gasteiger partial charge in [0.25, 0.3) is 0 Å². The largest absolute Gasteiger partial charge is 0.469 e. The summed E-state index contributed by atoms with van der Waals surface area (Å²) in [5.74, 6) is -0.528. The zero-order valence-electron chi connectivity index (χ0n) is 13.8. The minimum absolute atomic E-state index is 0.0125. The van der Waals surface area contributed by atoms with Gasteiger partial charge in [-0.3, -0.25) is 4.79 Å². The molecule has 122 valence electrons. The second-order valence-corrected chi connectivity index (χ2v) is 5.74. The fourth-order valence-electron chi connectivity index (χ4n) is 2.91. The maximum Gasteiger partial charge on any atom is 0.312 e. The van der Waals surface area contributed by atoms with E-state index in [0.29, 0.717) is 0 Å². The highest BCUT2D eigenvalue weighted by molar-refractivity contribution is 5.77. The number of hydrogen-bond acceptors (Lipinski definition) is 3. The molecule has 4 heteroatoms. The van der Waals surface area contributed by atoms with Crippen LogP contribution in [0.4, 0.5) is 0 Å². The van der Waals surface area contributed by atoms with Crippen molar-refractivity contribution in [3.8, 4) is 0 Å². The average molecular weight is 320 g/mol. The lowest BCUT2D eigenvalue weighted by Crippen LogP contribution is -2.13. The first kappa shape index (κ1) is 16.0. The molecule has 1 heterocycles. The van der Waals surface area contributed by atoms with Crippen LogP contribution in [-0.4, -0.2) is 22.6 Å². The molecule has 0 amide bonds. The van der Waals surface area contributed by atoms with Gasteiger partial charge in [-0.25, -0.2) is 4.98 Å². The lowest BCUT2D eigenvalue weighted by molar-refractivity contribution is -0.141. The summed E-state index contributed by atoms with van der Waals surface area (Å²) in [6, 6.07) is 18.4. The quantitative estimate of drug-likeness (QED) is 0.672. The molecule has 0 fully saturated rings. The van der Waals surface area contributed by atoms with Gasteiger partial charge >= 0.3 is 5.97 Å². The summed E-state index contributed by atoms with van der Waals surface area (Å²) in [4.78, 5) is 16.0. The molecule has 0 aliphatic carbocycles. The summed E-state index contributed by atoms with van der Waals surface area (Å²) in [6.45, 7) is 1.86. The first-order valence-electron chi connectivity index (χ1n) is 7.90. The van der Waals surface area contributed by atoms with Gasteiger partial charge < -0.3 is 9.30 Å². The molecule has 0 unspecified atom stereocenters. The van der Waals surface area contributed by atoms with E-state index < -0.39 is 0 Å². The molecule has 0 aliphatic heterocycles. The van der Waals surface area contributed by atoms with Gasteiger partial charge in [-0.15, -0.1) is 0 Å². The summed E-state index contributed by atoms with van der Waals surface area (Å²) in [5.41, 5.74) is 3.21. The molecule has 0 aliphatic rings. The molecule has 0 radical (unpaired) electrons. The van der Waals surface area contributed by atoms with Crippen molar-refractivity contribution in [2.45, 2.75) is 18.9 Å². The number of methoxy groups -OCH3 is 1. The fourth-order valence-corrected chi connectivity index (χ4v) is 2.91. The standard InChI is InChI=1S/C20H20N2O2/c1-15(20(23)24-2)17-9-6-10-18(13-17)19(22-12-11-21-14-22)16-7-4-3-5-8-16/h3-15,19H,1-2H3/t15-,19-/m1/s1. The van der Waals surface area contributed by atoms with Crippen molar-refractivity contribution in [3.05, 3.63) is 90.0 Å². The van der Waals surface area contributed by atoms with Crippen molar-refractivity contribution < 1.29 is 9.53 Å². The second-order valence-electron chi connectivity index (χ2n) is 5.74. The Bertz CT molecular complexity index is 798. The number of ether oxygens (including phenoxy) is 1. The number of rotatable bonds is 5. The molecule has 4 nitrogen and oxygen atoms in total. The van der Waals surface area contributed by atoms with E-state index >= 15 is 0 Å². The summed E-state index contributed by atoms with van der Waals surface area (Å²) in [7, 11) is 1.42. The van der Waals surface area contributed by atoms with Crippen LogP contribution in [0, 0.1) is 0 Å². The molecule has 3 rings (SSSR count). The van der Waals surface area contributed by atoms with E-state index in [4.69, 9.17) is 4.74 Å². The molecule has 0 saturated carbocycles. The predicted octanol–water partition coefficient (Wildman–Crippen LogP) is 3.80. The Morgan fingerprint density at radius 1 is 1.04 bits per heavy atom. The van der Waals surface area contributed by atoms with E-state index in [1.54, 1.807) is 6.20 Å². The van der Waals surface area contributed by atoms with Gasteiger partial charge in [0, 0.05) is 12.4 Å². The number of benzene rings is 2. The van der Waals surface area contributed by atoms with Crippen molar-refractivity contribution in [2.75, 3.05) is 7.11 Å². The van der Waals surface area contributed by atoms with Crippen molar-refractivity contribution in [1.29, 1.82) is 0 Å². The van der Waals surface area contributed by atoms with Gasteiger partial charge in [-0.1, -0.05) is 54.6 Å². The molecular weight excluding hydrogens is 300 g/mol. The first-order chi connectivity index (χ1) is 11.7. The van der Waals surface area contributed by atoms with E-state index in [9.17, 15) is 4.79 Å². The van der Waals surface area contributed by atoms with Crippen LogP contribution in [-0.2, 0) is 9.53 Å². The van der Waals surface area contributed by atoms with Gasteiger partial charge in [0.15, 0.2) is 0 Å². The molecular formula is C20H20N2O2. The van der Waals surface area contributed by atoms with Crippen LogP contribution < -0.4 is 0 Å². The Labute approximate surface area is 141 Å². The van der Waals surface area contributed by atoms with Crippen molar-refractivity contribution in [2.24, 2.45) is 0 Å². The second kappa shape index (κ2) is 7.13. The van der Waals surface area contributed by atoms with E-state index in [2.05, 4.69) is 33.8 Å². The lowest BCUT2D eigenvalue weighted by atomic mass is 9.93. The van der Waals surface area contributed by atoms with Gasteiger partial charge in [0.05, 0.1) is 25.4 Å². The highest BCUT2D eigenvalue weighted by Crippen LogP contribution is 2.29. The minimum atomic E-state index is -0.297. The van der Waals surface area contributed by atoms with Crippen molar-refractivity contribution in [3.63, 3.8) is 0 Å². The third-order valence-corrected chi connectivity index (χ3v) is 4.22. The minimum Gasteiger partial charge on any atom is -0.469 e. The van der Waals surface area contributed by atoms with Crippen LogP contribution in [0.15, 0.2) is 73.3 Å². The third-order valence-electron chi connectivity index (χ3n) is 4.22. The lowest BCUT2D eigenvalue weighted by Gasteiger charge is -2.21. The van der Waals surface area contributed by atoms with E-state index in [0.717, 1.165) is 11.1 Å². The Kier molecular flexibility index (Phi) is 4.75. The molecule has 1 aromatic heterocycles. The molecule has 0 saturated heterocycles.